The van der Waals surface area contributed by atoms with Crippen LogP contribution in [0.25, 0.3) is 0 Å². The van der Waals surface area contributed by atoms with Gasteiger partial charge in [0.05, 0.1) is 31.7 Å². The third-order valence-corrected chi connectivity index (χ3v) is 3.84. The molecular weight excluding hydrogens is 268 g/mol. The fraction of sp³-hybridized carbons (Fsp3) is 0.500. The summed E-state index contributed by atoms with van der Waals surface area (Å²) in [6.07, 6.45) is 5.36. The molecular formula is C14H20N6O. The Morgan fingerprint density at radius 1 is 1.19 bits per heavy atom. The van der Waals surface area contributed by atoms with E-state index in [1.807, 2.05) is 23.9 Å². The van der Waals surface area contributed by atoms with Crippen molar-refractivity contribution in [2.24, 2.45) is 7.05 Å². The lowest BCUT2D eigenvalue weighted by atomic mass is 10.2. The van der Waals surface area contributed by atoms with Gasteiger partial charge in [-0.05, 0) is 0 Å². The number of aromatic nitrogens is 4. The van der Waals surface area contributed by atoms with E-state index in [0.29, 0.717) is 0 Å². The third kappa shape index (κ3) is 3.13. The Kier molecular flexibility index (Phi) is 4.01. The molecule has 0 N–H and O–H groups in total. The predicted molar refractivity (Wildman–Crippen MR) is 79.3 cm³/mol. The van der Waals surface area contributed by atoms with E-state index in [0.717, 1.165) is 50.0 Å². The maximum absolute atomic E-state index is 5.23. The first-order valence-corrected chi connectivity index (χ1v) is 7.05. The van der Waals surface area contributed by atoms with Crippen molar-refractivity contribution in [3.05, 3.63) is 30.6 Å². The summed E-state index contributed by atoms with van der Waals surface area (Å²) < 4.78 is 7.20. The van der Waals surface area contributed by atoms with E-state index in [1.54, 1.807) is 19.6 Å². The molecule has 21 heavy (non-hydrogen) atoms. The molecule has 1 saturated heterocycles. The number of aryl methyl sites for hydroxylation is 1. The van der Waals surface area contributed by atoms with Gasteiger partial charge >= 0.3 is 0 Å². The van der Waals surface area contributed by atoms with Crippen molar-refractivity contribution in [1.82, 2.24) is 24.6 Å². The largest absolute Gasteiger partial charge is 0.495 e. The van der Waals surface area contributed by atoms with Crippen LogP contribution in [0.3, 0.4) is 0 Å². The molecule has 0 aromatic carbocycles. The van der Waals surface area contributed by atoms with Crippen LogP contribution >= 0.6 is 0 Å². The molecule has 112 valence electrons. The number of rotatable bonds is 4. The molecule has 3 heterocycles. The Morgan fingerprint density at radius 3 is 2.67 bits per heavy atom. The first kappa shape index (κ1) is 13.8. The molecule has 1 aliphatic rings. The third-order valence-electron chi connectivity index (χ3n) is 3.84. The van der Waals surface area contributed by atoms with Crippen LogP contribution in [-0.2, 0) is 13.6 Å². The second kappa shape index (κ2) is 6.09. The summed E-state index contributed by atoms with van der Waals surface area (Å²) in [6, 6.07) is 2.03. The van der Waals surface area contributed by atoms with Crippen molar-refractivity contribution >= 4 is 5.69 Å². The van der Waals surface area contributed by atoms with E-state index in [-0.39, 0.29) is 0 Å². The molecule has 0 saturated carbocycles. The Labute approximate surface area is 124 Å². The summed E-state index contributed by atoms with van der Waals surface area (Å²) >= 11 is 0. The Bertz CT molecular complexity index is 591. The SMILES string of the molecule is COc1cncc(N2CCN(Cc3nncn3C)CC2)c1. The molecule has 0 radical (unpaired) electrons. The summed E-state index contributed by atoms with van der Waals surface area (Å²) in [4.78, 5) is 8.95. The molecule has 2 aromatic rings. The Morgan fingerprint density at radius 2 is 2.00 bits per heavy atom. The molecule has 0 spiro atoms. The van der Waals surface area contributed by atoms with Crippen LogP contribution in [0, 0.1) is 0 Å². The fourth-order valence-corrected chi connectivity index (χ4v) is 2.51. The van der Waals surface area contributed by atoms with Gasteiger partial charge in [0.15, 0.2) is 0 Å². The molecule has 0 unspecified atom stereocenters. The summed E-state index contributed by atoms with van der Waals surface area (Å²) in [6.45, 7) is 4.81. The van der Waals surface area contributed by atoms with Crippen molar-refractivity contribution in [2.45, 2.75) is 6.54 Å². The topological polar surface area (TPSA) is 59.3 Å². The molecule has 7 nitrogen and oxygen atoms in total. The van der Waals surface area contributed by atoms with Gasteiger partial charge in [0.25, 0.3) is 0 Å². The van der Waals surface area contributed by atoms with Crippen molar-refractivity contribution in [3.63, 3.8) is 0 Å². The minimum Gasteiger partial charge on any atom is -0.495 e. The summed E-state index contributed by atoms with van der Waals surface area (Å²) in [5, 5.41) is 8.06. The van der Waals surface area contributed by atoms with Gasteiger partial charge in [-0.3, -0.25) is 9.88 Å². The zero-order chi connectivity index (χ0) is 14.7. The zero-order valence-corrected chi connectivity index (χ0v) is 12.4. The molecule has 0 atom stereocenters. The minimum absolute atomic E-state index is 0.800. The van der Waals surface area contributed by atoms with Crippen LogP contribution in [0.15, 0.2) is 24.8 Å². The second-order valence-electron chi connectivity index (χ2n) is 5.20. The number of ether oxygens (including phenoxy) is 1. The average molecular weight is 288 g/mol. The lowest BCUT2D eigenvalue weighted by molar-refractivity contribution is 0.241. The van der Waals surface area contributed by atoms with E-state index in [4.69, 9.17) is 4.74 Å². The molecule has 7 heteroatoms. The molecule has 0 bridgehead atoms. The highest BCUT2D eigenvalue weighted by molar-refractivity contribution is 5.48. The molecule has 2 aromatic heterocycles. The number of piperazine rings is 1. The van der Waals surface area contributed by atoms with Gasteiger partial charge in [-0.15, -0.1) is 10.2 Å². The van der Waals surface area contributed by atoms with E-state index in [9.17, 15) is 0 Å². The van der Waals surface area contributed by atoms with E-state index in [1.165, 1.54) is 0 Å². The van der Waals surface area contributed by atoms with Gasteiger partial charge in [0.2, 0.25) is 0 Å². The van der Waals surface area contributed by atoms with Crippen molar-refractivity contribution in [2.75, 3.05) is 38.2 Å². The standard InChI is InChI=1S/C14H20N6O/c1-18-11-16-17-14(18)10-19-3-5-20(6-4-19)12-7-13(21-2)9-15-8-12/h7-9,11H,3-6,10H2,1-2H3. The van der Waals surface area contributed by atoms with Gasteiger partial charge in [0, 0.05) is 39.3 Å². The lowest BCUT2D eigenvalue weighted by Gasteiger charge is -2.35. The van der Waals surface area contributed by atoms with Crippen molar-refractivity contribution < 1.29 is 4.74 Å². The Balaban J connectivity index is 1.58. The van der Waals surface area contributed by atoms with E-state index < -0.39 is 0 Å². The first-order valence-electron chi connectivity index (χ1n) is 7.05. The second-order valence-corrected chi connectivity index (χ2v) is 5.20. The number of nitrogens with zero attached hydrogens (tertiary/aromatic N) is 6. The maximum Gasteiger partial charge on any atom is 0.146 e. The first-order chi connectivity index (χ1) is 10.3. The number of pyridine rings is 1. The monoisotopic (exact) mass is 288 g/mol. The van der Waals surface area contributed by atoms with E-state index >= 15 is 0 Å². The average Bonchev–Trinajstić information content (AvgIpc) is 2.93. The Hall–Kier alpha value is -2.15. The maximum atomic E-state index is 5.23. The van der Waals surface area contributed by atoms with Gasteiger partial charge in [-0.1, -0.05) is 0 Å². The normalized spacial score (nSPS) is 16.2. The van der Waals surface area contributed by atoms with Crippen LogP contribution in [0.4, 0.5) is 5.69 Å². The quantitative estimate of drug-likeness (QED) is 0.818. The predicted octanol–water partition coefficient (Wildman–Crippen LogP) is 0.541. The highest BCUT2D eigenvalue weighted by Crippen LogP contribution is 2.20. The van der Waals surface area contributed by atoms with Crippen molar-refractivity contribution in [3.8, 4) is 5.75 Å². The number of hydrogen-bond acceptors (Lipinski definition) is 6. The van der Waals surface area contributed by atoms with Crippen LogP contribution in [0.2, 0.25) is 0 Å². The summed E-state index contributed by atoms with van der Waals surface area (Å²) in [5.74, 6) is 1.81. The smallest absolute Gasteiger partial charge is 0.146 e. The van der Waals surface area contributed by atoms with Crippen molar-refractivity contribution in [1.29, 1.82) is 0 Å². The highest BCUT2D eigenvalue weighted by atomic mass is 16.5. The number of hydrogen-bond donors (Lipinski definition) is 0. The molecule has 1 aliphatic heterocycles. The van der Waals surface area contributed by atoms with Crippen LogP contribution in [0.5, 0.6) is 5.75 Å². The summed E-state index contributed by atoms with van der Waals surface area (Å²) in [5.41, 5.74) is 1.12. The summed E-state index contributed by atoms with van der Waals surface area (Å²) in [7, 11) is 3.65. The minimum atomic E-state index is 0.800. The van der Waals surface area contributed by atoms with Gasteiger partial charge in [-0.2, -0.15) is 0 Å². The lowest BCUT2D eigenvalue weighted by Crippen LogP contribution is -2.46. The highest BCUT2D eigenvalue weighted by Gasteiger charge is 2.19. The van der Waals surface area contributed by atoms with Gasteiger partial charge in [-0.25, -0.2) is 0 Å². The molecule has 3 rings (SSSR count). The molecule has 0 amide bonds. The van der Waals surface area contributed by atoms with E-state index in [2.05, 4.69) is 25.0 Å². The molecule has 0 aliphatic carbocycles. The van der Waals surface area contributed by atoms with Crippen LogP contribution in [-0.4, -0.2) is 57.9 Å². The van der Waals surface area contributed by atoms with Crippen LogP contribution < -0.4 is 9.64 Å². The van der Waals surface area contributed by atoms with Crippen LogP contribution in [0.1, 0.15) is 5.82 Å². The zero-order valence-electron chi connectivity index (χ0n) is 12.4. The van der Waals surface area contributed by atoms with Gasteiger partial charge in [0.1, 0.15) is 17.9 Å². The number of anilines is 1. The number of methoxy groups -OCH3 is 1. The molecule has 1 fully saturated rings. The van der Waals surface area contributed by atoms with Gasteiger partial charge < -0.3 is 14.2 Å². The fourth-order valence-electron chi connectivity index (χ4n) is 2.51.